The van der Waals surface area contributed by atoms with Gasteiger partial charge in [-0.2, -0.15) is 0 Å². The van der Waals surface area contributed by atoms with Gasteiger partial charge >= 0.3 is 0 Å². The SMILES string of the molecule is CC[NH+]1CC[NH+]([C@H](c2cccs2)[C@H](C)NC(=O)c2ccccc2)CC1. The van der Waals surface area contributed by atoms with Gasteiger partial charge in [-0.05, 0) is 37.4 Å². The van der Waals surface area contributed by atoms with Gasteiger partial charge in [0, 0.05) is 5.56 Å². The molecule has 5 heteroatoms. The minimum atomic E-state index is 0.0203. The molecule has 0 spiro atoms. The van der Waals surface area contributed by atoms with E-state index in [1.807, 2.05) is 30.3 Å². The van der Waals surface area contributed by atoms with Gasteiger partial charge < -0.3 is 15.1 Å². The molecule has 0 radical (unpaired) electrons. The topological polar surface area (TPSA) is 38.0 Å². The van der Waals surface area contributed by atoms with Gasteiger partial charge in [-0.15, -0.1) is 11.3 Å². The quantitative estimate of drug-likeness (QED) is 0.687. The number of quaternary nitrogens is 2. The van der Waals surface area contributed by atoms with Gasteiger partial charge in [-0.25, -0.2) is 0 Å². The Balaban J connectivity index is 1.72. The fourth-order valence-electron chi connectivity index (χ4n) is 3.82. The Morgan fingerprint density at radius 1 is 1.12 bits per heavy atom. The molecule has 1 aromatic heterocycles. The zero-order chi connectivity index (χ0) is 17.6. The largest absolute Gasteiger partial charge is 0.343 e. The third kappa shape index (κ3) is 4.48. The molecule has 0 saturated carbocycles. The number of nitrogens with one attached hydrogen (secondary N) is 3. The highest BCUT2D eigenvalue weighted by Gasteiger charge is 2.35. The zero-order valence-corrected chi connectivity index (χ0v) is 15.9. The van der Waals surface area contributed by atoms with E-state index in [0.717, 1.165) is 18.7 Å². The number of rotatable bonds is 6. The van der Waals surface area contributed by atoms with Crippen LogP contribution in [0.5, 0.6) is 0 Å². The van der Waals surface area contributed by atoms with Gasteiger partial charge in [0.1, 0.15) is 32.2 Å². The highest BCUT2D eigenvalue weighted by molar-refractivity contribution is 7.10. The van der Waals surface area contributed by atoms with Crippen LogP contribution in [0, 0.1) is 0 Å². The summed E-state index contributed by atoms with van der Waals surface area (Å²) >= 11 is 1.80. The van der Waals surface area contributed by atoms with Crippen LogP contribution in [0.4, 0.5) is 0 Å². The van der Waals surface area contributed by atoms with Crippen LogP contribution in [0.1, 0.15) is 35.1 Å². The van der Waals surface area contributed by atoms with Gasteiger partial charge in [0.15, 0.2) is 0 Å². The monoisotopic (exact) mass is 359 g/mol. The Kier molecular flexibility index (Phi) is 6.24. The van der Waals surface area contributed by atoms with E-state index in [9.17, 15) is 4.79 Å². The number of piperazine rings is 1. The second-order valence-corrected chi connectivity index (χ2v) is 7.86. The van der Waals surface area contributed by atoms with E-state index in [-0.39, 0.29) is 11.9 Å². The lowest BCUT2D eigenvalue weighted by molar-refractivity contribution is -1.03. The predicted octanol–water partition coefficient (Wildman–Crippen LogP) is 0.411. The van der Waals surface area contributed by atoms with Crippen LogP contribution in [0.25, 0.3) is 0 Å². The molecule has 0 aliphatic carbocycles. The molecule has 2 atom stereocenters. The summed E-state index contributed by atoms with van der Waals surface area (Å²) in [5, 5.41) is 5.39. The summed E-state index contributed by atoms with van der Waals surface area (Å²) in [5.74, 6) is 0.0203. The Morgan fingerprint density at radius 3 is 2.44 bits per heavy atom. The van der Waals surface area contributed by atoms with E-state index >= 15 is 0 Å². The van der Waals surface area contributed by atoms with Crippen LogP contribution < -0.4 is 15.1 Å². The number of benzene rings is 1. The van der Waals surface area contributed by atoms with Gasteiger partial charge in [0.25, 0.3) is 5.91 Å². The summed E-state index contributed by atoms with van der Waals surface area (Å²) in [6.07, 6.45) is 0. The summed E-state index contributed by atoms with van der Waals surface area (Å²) in [7, 11) is 0. The van der Waals surface area contributed by atoms with Crippen molar-refractivity contribution in [3.63, 3.8) is 0 Å². The van der Waals surface area contributed by atoms with Crippen LogP contribution >= 0.6 is 11.3 Å². The van der Waals surface area contributed by atoms with Gasteiger partial charge in [0.05, 0.1) is 17.5 Å². The molecular weight excluding hydrogens is 330 g/mol. The molecule has 3 N–H and O–H groups in total. The van der Waals surface area contributed by atoms with E-state index in [1.165, 1.54) is 24.5 Å². The maximum absolute atomic E-state index is 12.6. The lowest BCUT2D eigenvalue weighted by Gasteiger charge is -2.36. The maximum atomic E-state index is 12.6. The molecule has 1 aliphatic rings. The van der Waals surface area contributed by atoms with Crippen molar-refractivity contribution < 1.29 is 14.6 Å². The predicted molar refractivity (Wildman–Crippen MR) is 102 cm³/mol. The van der Waals surface area contributed by atoms with Gasteiger partial charge in [-0.3, -0.25) is 4.79 Å². The van der Waals surface area contributed by atoms with Gasteiger partial charge in [-0.1, -0.05) is 24.3 Å². The third-order valence-corrected chi connectivity index (χ3v) is 6.24. The molecule has 1 saturated heterocycles. The van der Waals surface area contributed by atoms with Crippen LogP contribution in [-0.4, -0.2) is 44.7 Å². The molecule has 1 aromatic carbocycles. The molecule has 4 nitrogen and oxygen atoms in total. The van der Waals surface area contributed by atoms with Crippen LogP contribution in [0.15, 0.2) is 47.8 Å². The van der Waals surface area contributed by atoms with E-state index in [4.69, 9.17) is 0 Å². The first-order chi connectivity index (χ1) is 12.2. The molecule has 134 valence electrons. The average molecular weight is 360 g/mol. The van der Waals surface area contributed by atoms with E-state index < -0.39 is 0 Å². The number of thiophene rings is 1. The Hall–Kier alpha value is -1.69. The van der Waals surface area contributed by atoms with Crippen molar-refractivity contribution in [2.75, 3.05) is 32.7 Å². The smallest absolute Gasteiger partial charge is 0.251 e. The van der Waals surface area contributed by atoms with Crippen molar-refractivity contribution in [3.05, 3.63) is 58.3 Å². The zero-order valence-electron chi connectivity index (χ0n) is 15.1. The summed E-state index contributed by atoms with van der Waals surface area (Å²) in [5.41, 5.74) is 0.731. The van der Waals surface area contributed by atoms with Crippen LogP contribution in [-0.2, 0) is 0 Å². The first-order valence-corrected chi connectivity index (χ1v) is 10.1. The Bertz CT molecular complexity index is 651. The second-order valence-electron chi connectivity index (χ2n) is 6.88. The van der Waals surface area contributed by atoms with Crippen LogP contribution in [0.2, 0.25) is 0 Å². The molecule has 2 heterocycles. The van der Waals surface area contributed by atoms with Crippen molar-refractivity contribution in [3.8, 4) is 0 Å². The number of amides is 1. The minimum absolute atomic E-state index is 0.0203. The molecule has 1 fully saturated rings. The molecule has 3 rings (SSSR count). The fourth-order valence-corrected chi connectivity index (χ4v) is 4.81. The first-order valence-electron chi connectivity index (χ1n) is 9.26. The van der Waals surface area contributed by atoms with Crippen molar-refractivity contribution in [1.29, 1.82) is 0 Å². The number of carbonyl (C=O) groups is 1. The van der Waals surface area contributed by atoms with Crippen molar-refractivity contribution in [1.82, 2.24) is 5.32 Å². The van der Waals surface area contributed by atoms with Crippen molar-refractivity contribution in [2.24, 2.45) is 0 Å². The highest BCUT2D eigenvalue weighted by atomic mass is 32.1. The summed E-state index contributed by atoms with van der Waals surface area (Å²) < 4.78 is 0. The average Bonchev–Trinajstić information content (AvgIpc) is 3.17. The standard InChI is InChI=1S/C20H27N3OS/c1-3-22-11-13-23(14-12-22)19(18-10-7-15-25-18)16(2)21-20(24)17-8-5-4-6-9-17/h4-10,15-16,19H,3,11-14H2,1-2H3,(H,21,24)/p+2/t16-,19-/m0/s1. The lowest BCUT2D eigenvalue weighted by Crippen LogP contribution is -3.28. The number of hydrogen-bond donors (Lipinski definition) is 3. The summed E-state index contributed by atoms with van der Waals surface area (Å²) in [6.45, 7) is 10.4. The molecule has 1 amide bonds. The van der Waals surface area contributed by atoms with E-state index in [1.54, 1.807) is 21.1 Å². The van der Waals surface area contributed by atoms with E-state index in [0.29, 0.717) is 6.04 Å². The lowest BCUT2D eigenvalue weighted by atomic mass is 10.0. The summed E-state index contributed by atoms with van der Waals surface area (Å²) in [6, 6.07) is 14.3. The number of hydrogen-bond acceptors (Lipinski definition) is 2. The van der Waals surface area contributed by atoms with Gasteiger partial charge in [0.2, 0.25) is 0 Å². The molecule has 0 bridgehead atoms. The Morgan fingerprint density at radius 2 is 1.84 bits per heavy atom. The summed E-state index contributed by atoms with van der Waals surface area (Å²) in [4.78, 5) is 17.2. The Labute approximate surface area is 154 Å². The van der Waals surface area contributed by atoms with Crippen molar-refractivity contribution >= 4 is 17.2 Å². The van der Waals surface area contributed by atoms with E-state index in [2.05, 4.69) is 36.7 Å². The molecular formula is C20H29N3OS+2. The normalized spacial score (nSPS) is 23.0. The molecule has 2 aromatic rings. The molecule has 25 heavy (non-hydrogen) atoms. The second kappa shape index (κ2) is 8.61. The molecule has 1 aliphatic heterocycles. The number of carbonyl (C=O) groups excluding carboxylic acids is 1. The number of likely N-dealkylation sites (N-methyl/N-ethyl adjacent to an activating group) is 1. The fraction of sp³-hybridized carbons (Fsp3) is 0.450. The highest BCUT2D eigenvalue weighted by Crippen LogP contribution is 2.20. The minimum Gasteiger partial charge on any atom is -0.343 e. The molecule has 0 unspecified atom stereocenters. The first kappa shape index (κ1) is 18.1. The maximum Gasteiger partial charge on any atom is 0.251 e. The van der Waals surface area contributed by atoms with Crippen LogP contribution in [0.3, 0.4) is 0 Å². The van der Waals surface area contributed by atoms with Crippen molar-refractivity contribution in [2.45, 2.75) is 25.9 Å². The third-order valence-electron chi connectivity index (χ3n) is 5.28.